The molecule has 0 aliphatic heterocycles. The van der Waals surface area contributed by atoms with Crippen molar-refractivity contribution in [2.24, 2.45) is 7.05 Å². The van der Waals surface area contributed by atoms with Gasteiger partial charge in [-0.05, 0) is 38.4 Å². The molecule has 0 amide bonds. The molecule has 1 aromatic heterocycles. The molecule has 21 heavy (non-hydrogen) atoms. The fourth-order valence-electron chi connectivity index (χ4n) is 2.19. The summed E-state index contributed by atoms with van der Waals surface area (Å²) < 4.78 is 7.71. The number of nitrogens with one attached hydrogen (secondary N) is 1. The molecule has 1 aromatic carbocycles. The number of benzene rings is 1. The third-order valence-corrected chi connectivity index (χ3v) is 3.50. The van der Waals surface area contributed by atoms with Crippen molar-refractivity contribution >= 4 is 0 Å². The van der Waals surface area contributed by atoms with Crippen LogP contribution in [-0.4, -0.2) is 21.3 Å². The average Bonchev–Trinajstić information content (AvgIpc) is 2.88. The smallest absolute Gasteiger partial charge is 0.164 e. The molecule has 0 aliphatic carbocycles. The van der Waals surface area contributed by atoms with Crippen LogP contribution in [0.5, 0.6) is 5.75 Å². The average molecular weight is 288 g/mol. The number of ether oxygens (including phenoxy) is 1. The number of aryl methyl sites for hydroxylation is 2. The summed E-state index contributed by atoms with van der Waals surface area (Å²) in [6.07, 6.45) is 2.66. The van der Waals surface area contributed by atoms with Crippen LogP contribution in [0, 0.1) is 6.92 Å². The van der Waals surface area contributed by atoms with E-state index in [9.17, 15) is 0 Å². The van der Waals surface area contributed by atoms with Crippen LogP contribution in [0.2, 0.25) is 0 Å². The van der Waals surface area contributed by atoms with E-state index in [1.165, 1.54) is 11.1 Å². The Bertz CT molecular complexity index is 579. The SMILES string of the molecule is CCCNC(C)c1ccc(C)cc1OCc1ncnn1C. The van der Waals surface area contributed by atoms with Crippen molar-refractivity contribution in [2.75, 3.05) is 6.54 Å². The van der Waals surface area contributed by atoms with Crippen LogP contribution in [0.15, 0.2) is 24.5 Å². The molecule has 5 heteroatoms. The third-order valence-electron chi connectivity index (χ3n) is 3.50. The molecule has 1 unspecified atom stereocenters. The van der Waals surface area contributed by atoms with Crippen molar-refractivity contribution in [1.29, 1.82) is 0 Å². The van der Waals surface area contributed by atoms with Gasteiger partial charge in [0.15, 0.2) is 5.82 Å². The first-order valence-corrected chi connectivity index (χ1v) is 7.41. The van der Waals surface area contributed by atoms with Crippen molar-refractivity contribution in [3.8, 4) is 5.75 Å². The predicted octanol–water partition coefficient (Wildman–Crippen LogP) is 2.76. The summed E-state index contributed by atoms with van der Waals surface area (Å²) in [6, 6.07) is 6.60. The molecule has 0 fully saturated rings. The Morgan fingerprint density at radius 1 is 1.38 bits per heavy atom. The second-order valence-corrected chi connectivity index (χ2v) is 5.31. The molecule has 2 rings (SSSR count). The summed E-state index contributed by atoms with van der Waals surface area (Å²) in [5.41, 5.74) is 2.37. The lowest BCUT2D eigenvalue weighted by Crippen LogP contribution is -2.20. The number of hydrogen-bond donors (Lipinski definition) is 1. The zero-order valence-electron chi connectivity index (χ0n) is 13.3. The molecule has 0 saturated carbocycles. The van der Waals surface area contributed by atoms with Gasteiger partial charge in [0.2, 0.25) is 0 Å². The van der Waals surface area contributed by atoms with E-state index in [1.54, 1.807) is 11.0 Å². The first-order chi connectivity index (χ1) is 10.1. The fourth-order valence-corrected chi connectivity index (χ4v) is 2.19. The van der Waals surface area contributed by atoms with Gasteiger partial charge in [-0.2, -0.15) is 5.10 Å². The summed E-state index contributed by atoms with van der Waals surface area (Å²) in [6.45, 7) is 7.82. The number of hydrogen-bond acceptors (Lipinski definition) is 4. The largest absolute Gasteiger partial charge is 0.485 e. The minimum absolute atomic E-state index is 0.264. The van der Waals surface area contributed by atoms with Crippen LogP contribution in [0.3, 0.4) is 0 Å². The number of nitrogens with zero attached hydrogens (tertiary/aromatic N) is 3. The van der Waals surface area contributed by atoms with Gasteiger partial charge in [-0.25, -0.2) is 4.98 Å². The molecular formula is C16H24N4O. The zero-order chi connectivity index (χ0) is 15.2. The van der Waals surface area contributed by atoms with Gasteiger partial charge in [0.25, 0.3) is 0 Å². The molecule has 0 saturated heterocycles. The molecule has 5 nitrogen and oxygen atoms in total. The molecule has 0 bridgehead atoms. The second kappa shape index (κ2) is 7.22. The molecule has 0 aliphatic rings. The van der Waals surface area contributed by atoms with Crippen molar-refractivity contribution in [1.82, 2.24) is 20.1 Å². The van der Waals surface area contributed by atoms with Gasteiger partial charge in [-0.1, -0.05) is 19.1 Å². The van der Waals surface area contributed by atoms with Crippen LogP contribution in [0.4, 0.5) is 0 Å². The maximum atomic E-state index is 5.98. The second-order valence-electron chi connectivity index (χ2n) is 5.31. The molecule has 1 N–H and O–H groups in total. The van der Waals surface area contributed by atoms with Gasteiger partial charge >= 0.3 is 0 Å². The van der Waals surface area contributed by atoms with Crippen LogP contribution in [0.1, 0.15) is 43.3 Å². The van der Waals surface area contributed by atoms with Gasteiger partial charge in [0, 0.05) is 18.7 Å². The Kier molecular flexibility index (Phi) is 5.33. The topological polar surface area (TPSA) is 52.0 Å². The van der Waals surface area contributed by atoms with Crippen molar-refractivity contribution < 1.29 is 4.74 Å². The van der Waals surface area contributed by atoms with Gasteiger partial charge in [-0.15, -0.1) is 0 Å². The molecule has 1 heterocycles. The lowest BCUT2D eigenvalue weighted by atomic mass is 10.0. The highest BCUT2D eigenvalue weighted by Gasteiger charge is 2.12. The molecular weight excluding hydrogens is 264 g/mol. The predicted molar refractivity (Wildman–Crippen MR) is 83.2 cm³/mol. The normalized spacial score (nSPS) is 12.4. The van der Waals surface area contributed by atoms with Crippen LogP contribution in [-0.2, 0) is 13.7 Å². The van der Waals surface area contributed by atoms with E-state index in [-0.39, 0.29) is 6.04 Å². The van der Waals surface area contributed by atoms with Gasteiger partial charge in [-0.3, -0.25) is 4.68 Å². The van der Waals surface area contributed by atoms with Gasteiger partial charge in [0.1, 0.15) is 18.7 Å². The quantitative estimate of drug-likeness (QED) is 0.851. The number of aromatic nitrogens is 3. The third kappa shape index (κ3) is 4.04. The molecule has 2 aromatic rings. The highest BCUT2D eigenvalue weighted by atomic mass is 16.5. The van der Waals surface area contributed by atoms with Gasteiger partial charge in [0.05, 0.1) is 0 Å². The Morgan fingerprint density at radius 2 is 2.19 bits per heavy atom. The van der Waals surface area contributed by atoms with Crippen molar-refractivity contribution in [3.05, 3.63) is 41.5 Å². The summed E-state index contributed by atoms with van der Waals surface area (Å²) >= 11 is 0. The van der Waals surface area contributed by atoms with E-state index in [0.29, 0.717) is 6.61 Å². The standard InChI is InChI=1S/C16H24N4O/c1-5-8-17-13(3)14-7-6-12(2)9-15(14)21-10-16-18-11-19-20(16)4/h6-7,9,11,13,17H,5,8,10H2,1-4H3. The monoisotopic (exact) mass is 288 g/mol. The highest BCUT2D eigenvalue weighted by molar-refractivity contribution is 5.39. The van der Waals surface area contributed by atoms with Crippen LogP contribution >= 0.6 is 0 Å². The first kappa shape index (κ1) is 15.5. The number of rotatable bonds is 7. The van der Waals surface area contributed by atoms with E-state index >= 15 is 0 Å². The van der Waals surface area contributed by atoms with Crippen LogP contribution < -0.4 is 10.1 Å². The lowest BCUT2D eigenvalue weighted by molar-refractivity contribution is 0.284. The van der Waals surface area contributed by atoms with Gasteiger partial charge < -0.3 is 10.1 Å². The Hall–Kier alpha value is -1.88. The first-order valence-electron chi connectivity index (χ1n) is 7.41. The Morgan fingerprint density at radius 3 is 2.86 bits per heavy atom. The summed E-state index contributed by atoms with van der Waals surface area (Å²) in [5, 5.41) is 7.56. The lowest BCUT2D eigenvalue weighted by Gasteiger charge is -2.18. The van der Waals surface area contributed by atoms with Crippen molar-refractivity contribution in [2.45, 2.75) is 39.8 Å². The maximum Gasteiger partial charge on any atom is 0.164 e. The van der Waals surface area contributed by atoms with E-state index in [1.807, 2.05) is 7.05 Å². The highest BCUT2D eigenvalue weighted by Crippen LogP contribution is 2.27. The Balaban J connectivity index is 2.13. The minimum Gasteiger partial charge on any atom is -0.485 e. The van der Waals surface area contributed by atoms with E-state index in [0.717, 1.165) is 24.5 Å². The molecule has 114 valence electrons. The summed E-state index contributed by atoms with van der Waals surface area (Å²) in [4.78, 5) is 4.19. The molecule has 0 spiro atoms. The van der Waals surface area contributed by atoms with Crippen LogP contribution in [0.25, 0.3) is 0 Å². The zero-order valence-corrected chi connectivity index (χ0v) is 13.3. The Labute approximate surface area is 126 Å². The molecule has 1 atom stereocenters. The molecule has 0 radical (unpaired) electrons. The van der Waals surface area contributed by atoms with E-state index in [2.05, 4.69) is 54.4 Å². The maximum absolute atomic E-state index is 5.98. The van der Waals surface area contributed by atoms with E-state index < -0.39 is 0 Å². The summed E-state index contributed by atoms with van der Waals surface area (Å²) in [7, 11) is 1.87. The van der Waals surface area contributed by atoms with E-state index in [4.69, 9.17) is 4.74 Å². The summed E-state index contributed by atoms with van der Waals surface area (Å²) in [5.74, 6) is 1.73. The minimum atomic E-state index is 0.264. The van der Waals surface area contributed by atoms with Crippen molar-refractivity contribution in [3.63, 3.8) is 0 Å². The fraction of sp³-hybridized carbons (Fsp3) is 0.500.